The molecule has 0 spiro atoms. The Balaban J connectivity index is 1.29. The number of benzene rings is 4. The number of anilines is 1. The van der Waals surface area contributed by atoms with Crippen molar-refractivity contribution in [3.8, 4) is 23.0 Å². The number of aromatic nitrogens is 2. The van der Waals surface area contributed by atoms with Gasteiger partial charge in [0.1, 0.15) is 5.03 Å². The number of pyridine rings is 2. The lowest BCUT2D eigenvalue weighted by Crippen LogP contribution is -2.30. The molecule has 0 N–H and O–H groups in total. The molecule has 1 aliphatic rings. The molecule has 2 aromatic heterocycles. The lowest BCUT2D eigenvalue weighted by atomic mass is 10.00. The van der Waals surface area contributed by atoms with Crippen molar-refractivity contribution in [3.63, 3.8) is 0 Å². The van der Waals surface area contributed by atoms with Crippen LogP contribution in [0.4, 0.5) is 10.5 Å². The first kappa shape index (κ1) is 31.7. The van der Waals surface area contributed by atoms with E-state index in [4.69, 9.17) is 18.9 Å². The van der Waals surface area contributed by atoms with Crippen LogP contribution in [0.3, 0.4) is 0 Å². The van der Waals surface area contributed by atoms with E-state index in [-0.39, 0.29) is 18.1 Å². The van der Waals surface area contributed by atoms with Gasteiger partial charge in [0.15, 0.2) is 23.0 Å². The fourth-order valence-corrected chi connectivity index (χ4v) is 7.80. The molecule has 0 bridgehead atoms. The molecule has 0 aliphatic carbocycles. The van der Waals surface area contributed by atoms with E-state index >= 15 is 0 Å². The maximum Gasteiger partial charge on any atom is 0.419 e. The summed E-state index contributed by atoms with van der Waals surface area (Å²) in [6.07, 6.45) is 1.12. The number of ether oxygens (including phenoxy) is 4. The zero-order valence-corrected chi connectivity index (χ0v) is 28.4. The van der Waals surface area contributed by atoms with Gasteiger partial charge in [-0.3, -0.25) is 9.69 Å². The van der Waals surface area contributed by atoms with Gasteiger partial charge in [-0.1, -0.05) is 30.3 Å². The van der Waals surface area contributed by atoms with E-state index in [1.54, 1.807) is 29.9 Å². The normalized spacial score (nSPS) is 12.3. The lowest BCUT2D eigenvalue weighted by molar-refractivity contribution is 0.174. The number of hydrogen-bond donors (Lipinski definition) is 0. The Morgan fingerprint density at radius 2 is 1.65 bits per heavy atom. The van der Waals surface area contributed by atoms with E-state index < -0.39 is 6.09 Å². The van der Waals surface area contributed by atoms with Gasteiger partial charge in [0.25, 0.3) is 5.56 Å². The average Bonchev–Trinajstić information content (AvgIpc) is 3.57. The van der Waals surface area contributed by atoms with Crippen LogP contribution in [0.1, 0.15) is 0 Å². The summed E-state index contributed by atoms with van der Waals surface area (Å²) in [5, 5.41) is 4.62. The van der Waals surface area contributed by atoms with Gasteiger partial charge in [-0.25, -0.2) is 9.78 Å². The Labute approximate surface area is 284 Å². The Bertz CT molecular complexity index is 2240. The van der Waals surface area contributed by atoms with E-state index in [9.17, 15) is 9.59 Å². The minimum Gasteiger partial charge on any atom is -0.493 e. The van der Waals surface area contributed by atoms with Gasteiger partial charge < -0.3 is 28.4 Å². The van der Waals surface area contributed by atoms with Crippen LogP contribution >= 0.6 is 21.6 Å². The molecule has 7 rings (SSSR count). The molecule has 3 heterocycles. The highest BCUT2D eigenvalue weighted by Gasteiger charge is 2.23. The highest BCUT2D eigenvalue weighted by Crippen LogP contribution is 2.43. The minimum absolute atomic E-state index is 0.148. The molecule has 1 amide bonds. The molecule has 1 aliphatic heterocycles. The molecule has 48 heavy (non-hydrogen) atoms. The van der Waals surface area contributed by atoms with Gasteiger partial charge in [0.2, 0.25) is 6.79 Å². The number of nitrogens with zero attached hydrogens (tertiary/aromatic N) is 4. The van der Waals surface area contributed by atoms with Gasteiger partial charge >= 0.3 is 6.09 Å². The monoisotopic (exact) mass is 680 g/mol. The average molecular weight is 681 g/mol. The third-order valence-electron chi connectivity index (χ3n) is 8.15. The van der Waals surface area contributed by atoms with E-state index in [0.29, 0.717) is 46.8 Å². The molecule has 244 valence electrons. The van der Waals surface area contributed by atoms with E-state index in [1.165, 1.54) is 33.6 Å². The summed E-state index contributed by atoms with van der Waals surface area (Å²) in [7, 11) is 10.1. The zero-order chi connectivity index (χ0) is 33.4. The Kier molecular flexibility index (Phi) is 8.78. The number of carbonyl (C=O) groups excluding carboxylic acids is 1. The van der Waals surface area contributed by atoms with Crippen LogP contribution < -0.4 is 29.4 Å². The molecular formula is C36H32N4O6S2. The fourth-order valence-electron chi connectivity index (χ4n) is 5.71. The number of methoxy groups -OCH3 is 1. The van der Waals surface area contributed by atoms with Gasteiger partial charge in [-0.15, -0.1) is 0 Å². The van der Waals surface area contributed by atoms with E-state index in [0.717, 1.165) is 31.6 Å². The number of rotatable bonds is 9. The highest BCUT2D eigenvalue weighted by atomic mass is 33.1. The molecule has 0 unspecified atom stereocenters. The quantitative estimate of drug-likeness (QED) is 0.113. The Hall–Kier alpha value is -4.91. The van der Waals surface area contributed by atoms with Crippen LogP contribution in [0.5, 0.6) is 23.0 Å². The highest BCUT2D eigenvalue weighted by molar-refractivity contribution is 8.76. The molecule has 4 aromatic carbocycles. The number of likely N-dealkylation sites (N-methyl/N-ethyl adjacent to an activating group) is 1. The summed E-state index contributed by atoms with van der Waals surface area (Å²) in [5.41, 5.74) is 1.25. The summed E-state index contributed by atoms with van der Waals surface area (Å²) in [4.78, 5) is 36.7. The number of para-hydroxylation sites is 1. The zero-order valence-electron chi connectivity index (χ0n) is 26.8. The summed E-state index contributed by atoms with van der Waals surface area (Å²) in [6, 6.07) is 24.6. The first-order chi connectivity index (χ1) is 23.3. The molecule has 0 saturated carbocycles. The molecule has 0 atom stereocenters. The molecule has 6 aromatic rings. The molecule has 0 radical (unpaired) electrons. The predicted octanol–water partition coefficient (Wildman–Crippen LogP) is 7.44. The molecule has 0 fully saturated rings. The van der Waals surface area contributed by atoms with Crippen LogP contribution in [0, 0.1) is 0 Å². The largest absolute Gasteiger partial charge is 0.493 e. The summed E-state index contributed by atoms with van der Waals surface area (Å²) >= 11 is 0. The summed E-state index contributed by atoms with van der Waals surface area (Å²) < 4.78 is 24.8. The smallest absolute Gasteiger partial charge is 0.419 e. The number of hydrogen-bond acceptors (Lipinski definition) is 10. The number of carbonyl (C=O) groups is 1. The van der Waals surface area contributed by atoms with Crippen molar-refractivity contribution in [2.24, 2.45) is 0 Å². The Morgan fingerprint density at radius 1 is 0.875 bits per heavy atom. The second-order valence-electron chi connectivity index (χ2n) is 11.4. The lowest BCUT2D eigenvalue weighted by Gasteiger charge is -2.21. The van der Waals surface area contributed by atoms with Gasteiger partial charge in [0.05, 0.1) is 23.7 Å². The summed E-state index contributed by atoms with van der Waals surface area (Å²) in [5.74, 6) is 1.79. The van der Waals surface area contributed by atoms with E-state index in [1.807, 2.05) is 85.7 Å². The third-order valence-corrected chi connectivity index (χ3v) is 10.5. The van der Waals surface area contributed by atoms with E-state index in [2.05, 4.69) is 4.98 Å². The van der Waals surface area contributed by atoms with Crippen molar-refractivity contribution in [3.05, 3.63) is 95.4 Å². The van der Waals surface area contributed by atoms with Crippen molar-refractivity contribution in [2.45, 2.75) is 16.5 Å². The van der Waals surface area contributed by atoms with Crippen molar-refractivity contribution >= 4 is 65.8 Å². The Morgan fingerprint density at radius 3 is 2.42 bits per heavy atom. The van der Waals surface area contributed by atoms with Crippen molar-refractivity contribution in [2.75, 3.05) is 46.5 Å². The topological polar surface area (TPSA) is 95.4 Å². The standard InChI is InChI=1S/C36H32N4O6S2/c1-38(2)15-16-40-34-23(13-12-22-17-29-30(18-24(22)34)45-21-44-29)25-19-28(43-4)31(20-26(25)35(40)41)46-36(42)39(3)27-9-5-6-10-32(27)47-48-33-11-7-8-14-37-33/h5-14,17-20H,15-16,21H2,1-4H3. The first-order valence-corrected chi connectivity index (χ1v) is 17.3. The van der Waals surface area contributed by atoms with Gasteiger partial charge in [-0.05, 0) is 89.6 Å². The van der Waals surface area contributed by atoms with Gasteiger partial charge in [-0.2, -0.15) is 0 Å². The minimum atomic E-state index is -0.626. The fraction of sp³-hybridized carbons (Fsp3) is 0.194. The van der Waals surface area contributed by atoms with Crippen LogP contribution in [-0.2, 0) is 6.54 Å². The number of fused-ring (bicyclic) bond motifs is 6. The van der Waals surface area contributed by atoms with Crippen LogP contribution in [0.25, 0.3) is 32.4 Å². The summed E-state index contributed by atoms with van der Waals surface area (Å²) in [6.45, 7) is 1.24. The maximum atomic E-state index is 14.3. The van der Waals surface area contributed by atoms with Crippen molar-refractivity contribution < 1.29 is 23.7 Å². The second-order valence-corrected chi connectivity index (χ2v) is 13.6. The van der Waals surface area contributed by atoms with Crippen LogP contribution in [-0.4, -0.2) is 62.1 Å². The SMILES string of the molecule is COc1cc2c(cc1OC(=O)N(C)c1ccccc1SSc1ccccn1)c(=O)n(CCN(C)C)c1c3cc4c(cc3ccc21)OCO4. The van der Waals surface area contributed by atoms with Crippen molar-refractivity contribution in [1.29, 1.82) is 0 Å². The predicted molar refractivity (Wildman–Crippen MR) is 191 cm³/mol. The first-order valence-electron chi connectivity index (χ1n) is 15.2. The van der Waals surface area contributed by atoms with Gasteiger partial charge in [0, 0.05) is 47.4 Å². The second kappa shape index (κ2) is 13.3. The van der Waals surface area contributed by atoms with Crippen LogP contribution in [0.2, 0.25) is 0 Å². The third kappa shape index (κ3) is 5.98. The molecule has 10 nitrogen and oxygen atoms in total. The maximum absolute atomic E-state index is 14.3. The molecule has 12 heteroatoms. The molecular weight excluding hydrogens is 649 g/mol. The number of amides is 1. The van der Waals surface area contributed by atoms with Crippen molar-refractivity contribution in [1.82, 2.24) is 14.5 Å². The van der Waals surface area contributed by atoms with Crippen LogP contribution in [0.15, 0.2) is 99.8 Å². The molecule has 0 saturated heterocycles.